The predicted molar refractivity (Wildman–Crippen MR) is 75.0 cm³/mol. The van der Waals surface area contributed by atoms with Crippen molar-refractivity contribution < 1.29 is 4.39 Å². The Morgan fingerprint density at radius 3 is 2.61 bits per heavy atom. The first-order valence-corrected chi connectivity index (χ1v) is 6.85. The van der Waals surface area contributed by atoms with Gasteiger partial charge < -0.3 is 5.73 Å². The van der Waals surface area contributed by atoms with Crippen molar-refractivity contribution in [1.29, 1.82) is 0 Å². The number of hydrogen-bond acceptors (Lipinski definition) is 2. The molecule has 18 heavy (non-hydrogen) atoms. The summed E-state index contributed by atoms with van der Waals surface area (Å²) in [6.07, 6.45) is 0. The van der Waals surface area contributed by atoms with E-state index in [1.165, 1.54) is 29.0 Å². The van der Waals surface area contributed by atoms with Gasteiger partial charge in [0.25, 0.3) is 0 Å². The van der Waals surface area contributed by atoms with E-state index in [0.29, 0.717) is 11.4 Å². The topological polar surface area (TPSA) is 26.0 Å². The van der Waals surface area contributed by atoms with Crippen LogP contribution in [0.15, 0.2) is 47.4 Å². The van der Waals surface area contributed by atoms with Crippen molar-refractivity contribution in [2.24, 2.45) is 5.73 Å². The molecule has 0 aliphatic heterocycles. The maximum atomic E-state index is 13.5. The third-order valence-electron chi connectivity index (χ3n) is 2.86. The van der Waals surface area contributed by atoms with E-state index in [2.05, 4.69) is 19.1 Å². The second-order valence-corrected chi connectivity index (χ2v) is 5.20. The molecule has 2 aromatic carbocycles. The molecule has 2 N–H and O–H groups in total. The molecule has 0 fully saturated rings. The summed E-state index contributed by atoms with van der Waals surface area (Å²) in [4.78, 5) is 0.694. The molecular formula is C15H16FNS. The Hall–Kier alpha value is -1.32. The third-order valence-corrected chi connectivity index (χ3v) is 3.96. The number of thioether (sulfide) groups is 1. The summed E-state index contributed by atoms with van der Waals surface area (Å²) in [6.45, 7) is 2.62. The largest absolute Gasteiger partial charge is 0.326 e. The van der Waals surface area contributed by atoms with E-state index in [4.69, 9.17) is 5.73 Å². The molecule has 0 spiro atoms. The molecule has 0 bridgehead atoms. The first-order valence-electron chi connectivity index (χ1n) is 5.86. The fourth-order valence-electron chi connectivity index (χ4n) is 1.76. The molecule has 0 saturated carbocycles. The molecule has 0 aromatic heterocycles. The molecule has 0 heterocycles. The summed E-state index contributed by atoms with van der Waals surface area (Å²) in [5.41, 5.74) is 9.16. The van der Waals surface area contributed by atoms with Gasteiger partial charge in [-0.3, -0.25) is 0 Å². The number of benzene rings is 2. The predicted octanol–water partition coefficient (Wildman–Crippen LogP) is 3.89. The van der Waals surface area contributed by atoms with E-state index in [1.54, 1.807) is 6.07 Å². The van der Waals surface area contributed by atoms with Crippen LogP contribution in [0, 0.1) is 12.7 Å². The lowest BCUT2D eigenvalue weighted by atomic mass is 10.1. The second kappa shape index (κ2) is 6.03. The van der Waals surface area contributed by atoms with Crippen LogP contribution < -0.4 is 5.73 Å². The molecule has 0 atom stereocenters. The van der Waals surface area contributed by atoms with Crippen LogP contribution in [0.2, 0.25) is 0 Å². The molecule has 0 radical (unpaired) electrons. The summed E-state index contributed by atoms with van der Waals surface area (Å²) in [5.74, 6) is 0.621. The highest BCUT2D eigenvalue weighted by Gasteiger charge is 2.04. The molecule has 3 heteroatoms. The zero-order valence-electron chi connectivity index (χ0n) is 10.3. The van der Waals surface area contributed by atoms with E-state index in [-0.39, 0.29) is 5.82 Å². The smallest absolute Gasteiger partial charge is 0.136 e. The lowest BCUT2D eigenvalue weighted by molar-refractivity contribution is 0.602. The number of rotatable bonds is 4. The highest BCUT2D eigenvalue weighted by molar-refractivity contribution is 7.98. The van der Waals surface area contributed by atoms with Crippen LogP contribution in [0.5, 0.6) is 0 Å². The standard InChI is InChI=1S/C15H16FNS/c1-11-8-12(9-17)6-7-13(11)10-18-15-5-3-2-4-14(15)16/h2-8H,9-10,17H2,1H3. The first-order chi connectivity index (χ1) is 8.70. The third kappa shape index (κ3) is 3.12. The van der Waals surface area contributed by atoms with Crippen LogP contribution in [0.1, 0.15) is 16.7 Å². The minimum atomic E-state index is -0.154. The normalized spacial score (nSPS) is 10.6. The Balaban J connectivity index is 2.09. The van der Waals surface area contributed by atoms with Gasteiger partial charge in [-0.15, -0.1) is 11.8 Å². The van der Waals surface area contributed by atoms with Crippen molar-refractivity contribution in [3.63, 3.8) is 0 Å². The number of halogens is 1. The van der Waals surface area contributed by atoms with Gasteiger partial charge >= 0.3 is 0 Å². The molecular weight excluding hydrogens is 245 g/mol. The summed E-state index contributed by atoms with van der Waals surface area (Å²) in [5, 5.41) is 0. The highest BCUT2D eigenvalue weighted by atomic mass is 32.2. The van der Waals surface area contributed by atoms with E-state index in [9.17, 15) is 4.39 Å². The zero-order chi connectivity index (χ0) is 13.0. The molecule has 0 aliphatic rings. The van der Waals surface area contributed by atoms with Gasteiger partial charge in [-0.05, 0) is 35.7 Å². The molecule has 1 nitrogen and oxygen atoms in total. The number of hydrogen-bond donors (Lipinski definition) is 1. The maximum Gasteiger partial charge on any atom is 0.136 e. The van der Waals surface area contributed by atoms with E-state index >= 15 is 0 Å². The molecule has 0 aliphatic carbocycles. The average molecular weight is 261 g/mol. The number of nitrogens with two attached hydrogens (primary N) is 1. The van der Waals surface area contributed by atoms with Crippen molar-refractivity contribution in [1.82, 2.24) is 0 Å². The lowest BCUT2D eigenvalue weighted by Gasteiger charge is -2.08. The number of aryl methyl sites for hydroxylation is 1. The van der Waals surface area contributed by atoms with Gasteiger partial charge in [-0.2, -0.15) is 0 Å². The molecule has 94 valence electrons. The molecule has 2 rings (SSSR count). The summed E-state index contributed by atoms with van der Waals surface area (Å²) < 4.78 is 13.5. The van der Waals surface area contributed by atoms with Gasteiger partial charge in [0.1, 0.15) is 5.82 Å². The van der Waals surface area contributed by atoms with Crippen molar-refractivity contribution in [2.75, 3.05) is 0 Å². The quantitative estimate of drug-likeness (QED) is 0.845. The maximum absolute atomic E-state index is 13.5. The van der Waals surface area contributed by atoms with E-state index < -0.39 is 0 Å². The van der Waals surface area contributed by atoms with Crippen molar-refractivity contribution in [3.05, 3.63) is 65.0 Å². The van der Waals surface area contributed by atoms with Gasteiger partial charge in [-0.25, -0.2) is 4.39 Å². The van der Waals surface area contributed by atoms with Crippen LogP contribution in [0.25, 0.3) is 0 Å². The van der Waals surface area contributed by atoms with Crippen molar-refractivity contribution in [2.45, 2.75) is 24.1 Å². The van der Waals surface area contributed by atoms with E-state index in [1.807, 2.05) is 18.2 Å². The van der Waals surface area contributed by atoms with Crippen LogP contribution >= 0.6 is 11.8 Å². The summed E-state index contributed by atoms with van der Waals surface area (Å²) in [6, 6.07) is 13.1. The first kappa shape index (κ1) is 13.1. The van der Waals surface area contributed by atoms with Crippen molar-refractivity contribution >= 4 is 11.8 Å². The fourth-order valence-corrected chi connectivity index (χ4v) is 2.78. The van der Waals surface area contributed by atoms with Gasteiger partial charge in [0.2, 0.25) is 0 Å². The lowest BCUT2D eigenvalue weighted by Crippen LogP contribution is -1.97. The SMILES string of the molecule is Cc1cc(CN)ccc1CSc1ccccc1F. The molecule has 0 unspecified atom stereocenters. The van der Waals surface area contributed by atoms with Crippen molar-refractivity contribution in [3.8, 4) is 0 Å². The van der Waals surface area contributed by atoms with Crippen LogP contribution in [-0.2, 0) is 12.3 Å². The van der Waals surface area contributed by atoms with Crippen LogP contribution in [-0.4, -0.2) is 0 Å². The Morgan fingerprint density at radius 1 is 1.17 bits per heavy atom. The van der Waals surface area contributed by atoms with Gasteiger partial charge in [0, 0.05) is 17.2 Å². The molecule has 0 saturated heterocycles. The minimum absolute atomic E-state index is 0.154. The second-order valence-electron chi connectivity index (χ2n) is 4.18. The molecule has 2 aromatic rings. The Labute approximate surface area is 111 Å². The Morgan fingerprint density at radius 2 is 1.94 bits per heavy atom. The Bertz CT molecular complexity index is 540. The van der Waals surface area contributed by atoms with Gasteiger partial charge in [0.05, 0.1) is 0 Å². The van der Waals surface area contributed by atoms with Crippen LogP contribution in [0.4, 0.5) is 4.39 Å². The van der Waals surface area contributed by atoms with Gasteiger partial charge in [-0.1, -0.05) is 30.3 Å². The zero-order valence-corrected chi connectivity index (χ0v) is 11.1. The monoisotopic (exact) mass is 261 g/mol. The minimum Gasteiger partial charge on any atom is -0.326 e. The highest BCUT2D eigenvalue weighted by Crippen LogP contribution is 2.26. The summed E-state index contributed by atoms with van der Waals surface area (Å²) in [7, 11) is 0. The van der Waals surface area contributed by atoms with E-state index in [0.717, 1.165) is 11.3 Å². The fraction of sp³-hybridized carbons (Fsp3) is 0.200. The van der Waals surface area contributed by atoms with Crippen LogP contribution in [0.3, 0.4) is 0 Å². The Kier molecular flexibility index (Phi) is 4.39. The van der Waals surface area contributed by atoms with Gasteiger partial charge in [0.15, 0.2) is 0 Å². The average Bonchev–Trinajstić information content (AvgIpc) is 2.39. The molecule has 0 amide bonds. The summed E-state index contributed by atoms with van der Waals surface area (Å²) >= 11 is 1.52.